The van der Waals surface area contributed by atoms with Gasteiger partial charge in [-0.3, -0.25) is 4.79 Å². The number of benzene rings is 1. The monoisotopic (exact) mass is 258 g/mol. The first-order chi connectivity index (χ1) is 9.15. The fourth-order valence-corrected chi connectivity index (χ4v) is 2.37. The summed E-state index contributed by atoms with van der Waals surface area (Å²) >= 11 is 0. The third-order valence-electron chi connectivity index (χ3n) is 3.55. The summed E-state index contributed by atoms with van der Waals surface area (Å²) in [5.41, 5.74) is 7.07. The predicted octanol–water partition coefficient (Wildman–Crippen LogP) is 2.03. The molecule has 1 aliphatic carbocycles. The first kappa shape index (κ1) is 13.8. The Morgan fingerprint density at radius 3 is 2.74 bits per heavy atom. The third kappa shape index (κ3) is 4.21. The zero-order chi connectivity index (χ0) is 13.7. The molecular weight excluding hydrogens is 236 g/mol. The number of aryl methyl sites for hydroxylation is 1. The normalized spacial score (nSPS) is 23.3. The second-order valence-corrected chi connectivity index (χ2v) is 5.32. The van der Waals surface area contributed by atoms with Crippen molar-refractivity contribution in [1.29, 1.82) is 0 Å². The summed E-state index contributed by atoms with van der Waals surface area (Å²) in [7, 11) is 0. The minimum Gasteiger partial charge on any atom is -0.353 e. The number of hydrogen-bond acceptors (Lipinski definition) is 2. The van der Waals surface area contributed by atoms with Crippen molar-refractivity contribution < 1.29 is 4.79 Å². The van der Waals surface area contributed by atoms with Crippen LogP contribution >= 0.6 is 0 Å². The molecule has 19 heavy (non-hydrogen) atoms. The minimum absolute atomic E-state index is 0.0374. The number of hydrogen-bond donors (Lipinski definition) is 2. The minimum atomic E-state index is -0.0471. The molecule has 3 unspecified atom stereocenters. The van der Waals surface area contributed by atoms with Crippen LogP contribution in [0.2, 0.25) is 0 Å². The highest BCUT2D eigenvalue weighted by Crippen LogP contribution is 2.16. The van der Waals surface area contributed by atoms with Crippen LogP contribution in [-0.2, 0) is 11.2 Å². The van der Waals surface area contributed by atoms with Crippen molar-refractivity contribution in [3.05, 3.63) is 48.0 Å². The molecule has 0 aromatic heterocycles. The highest BCUT2D eigenvalue weighted by atomic mass is 16.1. The average Bonchev–Trinajstić information content (AvgIpc) is 2.84. The topological polar surface area (TPSA) is 55.1 Å². The van der Waals surface area contributed by atoms with Crippen LogP contribution in [-0.4, -0.2) is 18.0 Å². The molecule has 2 rings (SSSR count). The van der Waals surface area contributed by atoms with Crippen LogP contribution in [0.15, 0.2) is 42.5 Å². The second kappa shape index (κ2) is 6.53. The van der Waals surface area contributed by atoms with Gasteiger partial charge in [0.2, 0.25) is 5.91 Å². The molecule has 1 aromatic rings. The Balaban J connectivity index is 1.74. The quantitative estimate of drug-likeness (QED) is 0.794. The zero-order valence-corrected chi connectivity index (χ0v) is 11.4. The first-order valence-corrected chi connectivity index (χ1v) is 6.93. The van der Waals surface area contributed by atoms with E-state index in [1.807, 2.05) is 30.4 Å². The van der Waals surface area contributed by atoms with E-state index in [0.29, 0.717) is 0 Å². The van der Waals surface area contributed by atoms with Gasteiger partial charge in [0.15, 0.2) is 0 Å². The fraction of sp³-hybridized carbons (Fsp3) is 0.438. The smallest absolute Gasteiger partial charge is 0.227 e. The van der Waals surface area contributed by atoms with Gasteiger partial charge in [-0.15, -0.1) is 0 Å². The molecule has 0 heterocycles. The molecule has 0 fully saturated rings. The lowest BCUT2D eigenvalue weighted by atomic mass is 10.0. The Kier molecular flexibility index (Phi) is 4.74. The van der Waals surface area contributed by atoms with Gasteiger partial charge in [0.1, 0.15) is 0 Å². The molecule has 0 saturated carbocycles. The molecule has 0 spiro atoms. The molecule has 1 amide bonds. The van der Waals surface area contributed by atoms with Crippen molar-refractivity contribution >= 4 is 5.91 Å². The molecular formula is C16H22N2O. The SMILES string of the molecule is CC(CCc1ccccc1)NC(=O)C1C=CC(N)C1. The maximum absolute atomic E-state index is 12.0. The maximum atomic E-state index is 12.0. The lowest BCUT2D eigenvalue weighted by molar-refractivity contribution is -0.124. The van der Waals surface area contributed by atoms with Crippen LogP contribution in [0.25, 0.3) is 0 Å². The predicted molar refractivity (Wildman–Crippen MR) is 77.6 cm³/mol. The molecule has 0 radical (unpaired) electrons. The fourth-order valence-electron chi connectivity index (χ4n) is 2.37. The lowest BCUT2D eigenvalue weighted by Crippen LogP contribution is -2.37. The van der Waals surface area contributed by atoms with Gasteiger partial charge in [0, 0.05) is 12.1 Å². The summed E-state index contributed by atoms with van der Waals surface area (Å²) in [5.74, 6) is 0.0546. The lowest BCUT2D eigenvalue weighted by Gasteiger charge is -2.16. The molecule has 3 atom stereocenters. The molecule has 3 heteroatoms. The number of nitrogens with two attached hydrogens (primary N) is 1. The van der Waals surface area contributed by atoms with Crippen LogP contribution in [0.5, 0.6) is 0 Å². The van der Waals surface area contributed by atoms with E-state index < -0.39 is 0 Å². The summed E-state index contributed by atoms with van der Waals surface area (Å²) < 4.78 is 0. The van der Waals surface area contributed by atoms with Crippen LogP contribution < -0.4 is 11.1 Å². The number of amides is 1. The Morgan fingerprint density at radius 2 is 2.11 bits per heavy atom. The van der Waals surface area contributed by atoms with Gasteiger partial charge in [-0.25, -0.2) is 0 Å². The third-order valence-corrected chi connectivity index (χ3v) is 3.55. The Labute approximate surface area is 114 Å². The van der Waals surface area contributed by atoms with Gasteiger partial charge in [0.05, 0.1) is 5.92 Å². The molecule has 102 valence electrons. The highest BCUT2D eigenvalue weighted by molar-refractivity contribution is 5.81. The summed E-state index contributed by atoms with van der Waals surface area (Å²) in [6, 6.07) is 10.6. The second-order valence-electron chi connectivity index (χ2n) is 5.32. The average molecular weight is 258 g/mol. The van der Waals surface area contributed by atoms with E-state index in [2.05, 4.69) is 24.4 Å². The Hall–Kier alpha value is -1.61. The van der Waals surface area contributed by atoms with Crippen LogP contribution in [0.3, 0.4) is 0 Å². The van der Waals surface area contributed by atoms with Crippen molar-refractivity contribution in [2.24, 2.45) is 11.7 Å². The van der Waals surface area contributed by atoms with E-state index in [0.717, 1.165) is 19.3 Å². The summed E-state index contributed by atoms with van der Waals surface area (Å²) in [6.45, 7) is 2.05. The highest BCUT2D eigenvalue weighted by Gasteiger charge is 2.23. The molecule has 3 N–H and O–H groups in total. The number of carbonyl (C=O) groups excluding carboxylic acids is 1. The van der Waals surface area contributed by atoms with E-state index in [-0.39, 0.29) is 23.9 Å². The van der Waals surface area contributed by atoms with Crippen molar-refractivity contribution in [2.45, 2.75) is 38.3 Å². The van der Waals surface area contributed by atoms with Gasteiger partial charge < -0.3 is 11.1 Å². The van der Waals surface area contributed by atoms with Crippen LogP contribution in [0, 0.1) is 5.92 Å². The molecule has 1 aliphatic rings. The standard InChI is InChI=1S/C16H22N2O/c1-12(7-8-13-5-3-2-4-6-13)18-16(19)14-9-10-15(17)11-14/h2-6,9-10,12,14-15H,7-8,11,17H2,1H3,(H,18,19). The van der Waals surface area contributed by atoms with E-state index >= 15 is 0 Å². The van der Waals surface area contributed by atoms with Crippen LogP contribution in [0.1, 0.15) is 25.3 Å². The number of rotatable bonds is 5. The largest absolute Gasteiger partial charge is 0.353 e. The number of nitrogens with one attached hydrogen (secondary N) is 1. The summed E-state index contributed by atoms with van der Waals surface area (Å²) in [5, 5.41) is 3.07. The van der Waals surface area contributed by atoms with E-state index in [1.165, 1.54) is 5.56 Å². The molecule has 1 aromatic carbocycles. The van der Waals surface area contributed by atoms with Crippen molar-refractivity contribution in [3.8, 4) is 0 Å². The first-order valence-electron chi connectivity index (χ1n) is 6.93. The van der Waals surface area contributed by atoms with Gasteiger partial charge in [0.25, 0.3) is 0 Å². The van der Waals surface area contributed by atoms with E-state index in [9.17, 15) is 4.79 Å². The van der Waals surface area contributed by atoms with Crippen LogP contribution in [0.4, 0.5) is 0 Å². The Bertz CT molecular complexity index is 441. The van der Waals surface area contributed by atoms with Gasteiger partial charge in [-0.1, -0.05) is 42.5 Å². The number of carbonyl (C=O) groups is 1. The van der Waals surface area contributed by atoms with E-state index in [4.69, 9.17) is 5.73 Å². The Morgan fingerprint density at radius 1 is 1.37 bits per heavy atom. The molecule has 3 nitrogen and oxygen atoms in total. The van der Waals surface area contributed by atoms with Crippen molar-refractivity contribution in [3.63, 3.8) is 0 Å². The zero-order valence-electron chi connectivity index (χ0n) is 11.4. The molecule has 0 aliphatic heterocycles. The molecule has 0 bridgehead atoms. The van der Waals surface area contributed by atoms with Gasteiger partial charge in [-0.2, -0.15) is 0 Å². The maximum Gasteiger partial charge on any atom is 0.227 e. The van der Waals surface area contributed by atoms with Crippen molar-refractivity contribution in [2.75, 3.05) is 0 Å². The molecule has 0 saturated heterocycles. The van der Waals surface area contributed by atoms with E-state index in [1.54, 1.807) is 0 Å². The van der Waals surface area contributed by atoms with Crippen molar-refractivity contribution in [1.82, 2.24) is 5.32 Å². The van der Waals surface area contributed by atoms with Gasteiger partial charge in [-0.05, 0) is 31.7 Å². The van der Waals surface area contributed by atoms with Gasteiger partial charge >= 0.3 is 0 Å². The summed E-state index contributed by atoms with van der Waals surface area (Å²) in [6.07, 6.45) is 6.51. The summed E-state index contributed by atoms with van der Waals surface area (Å²) in [4.78, 5) is 12.0.